The van der Waals surface area contributed by atoms with Gasteiger partial charge in [-0.15, -0.1) is 11.6 Å². The van der Waals surface area contributed by atoms with Crippen LogP contribution in [0.1, 0.15) is 29.3 Å². The molecular weight excluding hydrogens is 318 g/mol. The van der Waals surface area contributed by atoms with Crippen molar-refractivity contribution in [2.24, 2.45) is 5.14 Å². The second-order valence-corrected chi connectivity index (χ2v) is 6.55. The van der Waals surface area contributed by atoms with Gasteiger partial charge in [0.05, 0.1) is 10.9 Å². The van der Waals surface area contributed by atoms with Crippen LogP contribution in [0.4, 0.5) is 0 Å². The van der Waals surface area contributed by atoms with Gasteiger partial charge in [-0.25, -0.2) is 4.79 Å². The number of alkyl halides is 1. The van der Waals surface area contributed by atoms with Crippen LogP contribution < -0.4 is 14.9 Å². The highest BCUT2D eigenvalue weighted by Gasteiger charge is 2.25. The van der Waals surface area contributed by atoms with Gasteiger partial charge >= 0.3 is 15.9 Å². The molecule has 6 nitrogen and oxygen atoms in total. The monoisotopic (exact) mass is 329 g/mol. The molecule has 0 bridgehead atoms. The van der Waals surface area contributed by atoms with Crippen LogP contribution in [0, 0.1) is 0 Å². The number of aryl methyl sites for hydroxylation is 1. The molecule has 0 spiro atoms. The first kappa shape index (κ1) is 14.4. The third-order valence-electron chi connectivity index (χ3n) is 3.44. The highest BCUT2D eigenvalue weighted by Crippen LogP contribution is 2.36. The van der Waals surface area contributed by atoms with Crippen LogP contribution in [0.3, 0.4) is 0 Å². The number of hydrogen-bond acceptors (Lipinski definition) is 5. The van der Waals surface area contributed by atoms with Gasteiger partial charge in [0, 0.05) is 11.5 Å². The van der Waals surface area contributed by atoms with E-state index in [-0.39, 0.29) is 16.7 Å². The maximum absolute atomic E-state index is 12.0. The first-order valence-corrected chi connectivity index (χ1v) is 8.22. The number of halogens is 1. The SMILES string of the molecule is NS(=O)(=O)Oc1ccc2c3c(c(=O)oc2c1)C(Cl)CCC3. The summed E-state index contributed by atoms with van der Waals surface area (Å²) in [6, 6.07) is 4.44. The summed E-state index contributed by atoms with van der Waals surface area (Å²) in [6.45, 7) is 0. The normalized spacial score (nSPS) is 18.5. The van der Waals surface area contributed by atoms with Crippen molar-refractivity contribution in [1.29, 1.82) is 0 Å². The molecule has 2 aromatic rings. The molecule has 8 heteroatoms. The van der Waals surface area contributed by atoms with Crippen LogP contribution in [0.25, 0.3) is 11.0 Å². The lowest BCUT2D eigenvalue weighted by Crippen LogP contribution is -2.19. The lowest BCUT2D eigenvalue weighted by molar-refractivity contribution is 0.486. The Bertz CT molecular complexity index is 874. The van der Waals surface area contributed by atoms with Gasteiger partial charge in [0.2, 0.25) is 0 Å². The fourth-order valence-electron chi connectivity index (χ4n) is 2.63. The van der Waals surface area contributed by atoms with Crippen LogP contribution in [0.5, 0.6) is 5.75 Å². The summed E-state index contributed by atoms with van der Waals surface area (Å²) < 4.78 is 31.7. The Balaban J connectivity index is 2.21. The van der Waals surface area contributed by atoms with Gasteiger partial charge in [0.15, 0.2) is 0 Å². The Hall–Kier alpha value is -1.57. The molecule has 1 aromatic carbocycles. The van der Waals surface area contributed by atoms with Gasteiger partial charge in [0.1, 0.15) is 11.3 Å². The highest BCUT2D eigenvalue weighted by atomic mass is 35.5. The standard InChI is InChI=1S/C13H12ClNO5S/c14-10-3-1-2-9-8-5-4-7(20-21(15,17)18)6-11(8)19-13(16)12(9)10/h4-6,10H,1-3H2,(H2,15,17,18). The van der Waals surface area contributed by atoms with Crippen LogP contribution in [-0.4, -0.2) is 8.42 Å². The van der Waals surface area contributed by atoms with Gasteiger partial charge in [-0.05, 0) is 37.0 Å². The third kappa shape index (κ3) is 2.76. The van der Waals surface area contributed by atoms with Gasteiger partial charge in [0.25, 0.3) is 0 Å². The van der Waals surface area contributed by atoms with Crippen molar-refractivity contribution < 1.29 is 17.0 Å². The molecule has 1 atom stereocenters. The number of hydrogen-bond donors (Lipinski definition) is 1. The summed E-state index contributed by atoms with van der Waals surface area (Å²) in [6.07, 6.45) is 2.35. The number of benzene rings is 1. The van der Waals surface area contributed by atoms with E-state index in [4.69, 9.17) is 21.2 Å². The third-order valence-corrected chi connectivity index (χ3v) is 4.30. The van der Waals surface area contributed by atoms with Gasteiger partial charge in [-0.1, -0.05) is 0 Å². The van der Waals surface area contributed by atoms with Crippen molar-refractivity contribution in [3.63, 3.8) is 0 Å². The highest BCUT2D eigenvalue weighted by molar-refractivity contribution is 7.84. The van der Waals surface area contributed by atoms with E-state index in [0.717, 1.165) is 30.2 Å². The van der Waals surface area contributed by atoms with Crippen molar-refractivity contribution >= 4 is 32.9 Å². The van der Waals surface area contributed by atoms with Crippen LogP contribution in [0.2, 0.25) is 0 Å². The Kier molecular flexibility index (Phi) is 3.43. The molecule has 112 valence electrons. The predicted molar refractivity (Wildman–Crippen MR) is 77.8 cm³/mol. The molecule has 2 N–H and O–H groups in total. The summed E-state index contributed by atoms with van der Waals surface area (Å²) in [5.41, 5.74) is 1.11. The predicted octanol–water partition coefficient (Wildman–Crippen LogP) is 1.99. The molecule has 0 saturated carbocycles. The average Bonchev–Trinajstić information content (AvgIpc) is 2.36. The van der Waals surface area contributed by atoms with Crippen LogP contribution in [0.15, 0.2) is 27.4 Å². The molecule has 0 fully saturated rings. The van der Waals surface area contributed by atoms with Crippen LogP contribution in [-0.2, 0) is 16.7 Å². The van der Waals surface area contributed by atoms with Crippen LogP contribution >= 0.6 is 11.6 Å². The van der Waals surface area contributed by atoms with E-state index in [1.807, 2.05) is 0 Å². The molecule has 1 aliphatic carbocycles. The summed E-state index contributed by atoms with van der Waals surface area (Å²) in [7, 11) is -4.12. The first-order chi connectivity index (χ1) is 9.85. The van der Waals surface area contributed by atoms with E-state index in [9.17, 15) is 13.2 Å². The lowest BCUT2D eigenvalue weighted by atomic mass is 9.90. The summed E-state index contributed by atoms with van der Waals surface area (Å²) in [4.78, 5) is 12.0. The van der Waals surface area contributed by atoms with Crippen molar-refractivity contribution in [3.8, 4) is 5.75 Å². The lowest BCUT2D eigenvalue weighted by Gasteiger charge is -2.20. The van der Waals surface area contributed by atoms with Crippen molar-refractivity contribution in [2.45, 2.75) is 24.6 Å². The van der Waals surface area contributed by atoms with Crippen molar-refractivity contribution in [1.82, 2.24) is 0 Å². The zero-order chi connectivity index (χ0) is 15.2. The van der Waals surface area contributed by atoms with Gasteiger partial charge in [-0.2, -0.15) is 13.6 Å². The van der Waals surface area contributed by atoms with E-state index in [1.54, 1.807) is 6.07 Å². The van der Waals surface area contributed by atoms with E-state index in [0.29, 0.717) is 5.56 Å². The Morgan fingerprint density at radius 1 is 1.38 bits per heavy atom. The summed E-state index contributed by atoms with van der Waals surface area (Å²) in [5, 5.41) is 5.19. The zero-order valence-electron chi connectivity index (χ0n) is 10.8. The Labute approximate surface area is 125 Å². The molecule has 21 heavy (non-hydrogen) atoms. The largest absolute Gasteiger partial charge is 0.422 e. The molecule has 1 unspecified atom stereocenters. The molecule has 0 amide bonds. The number of nitrogens with two attached hydrogens (primary N) is 1. The second kappa shape index (κ2) is 5.01. The molecule has 0 aliphatic heterocycles. The number of rotatable bonds is 2. The Morgan fingerprint density at radius 2 is 2.14 bits per heavy atom. The molecule has 0 saturated heterocycles. The van der Waals surface area contributed by atoms with Crippen molar-refractivity contribution in [2.75, 3.05) is 0 Å². The van der Waals surface area contributed by atoms with E-state index < -0.39 is 15.9 Å². The van der Waals surface area contributed by atoms with E-state index in [2.05, 4.69) is 4.18 Å². The van der Waals surface area contributed by atoms with Gasteiger partial charge in [-0.3, -0.25) is 0 Å². The molecule has 1 aromatic heterocycles. The fourth-order valence-corrected chi connectivity index (χ4v) is 3.38. The summed E-state index contributed by atoms with van der Waals surface area (Å²) in [5.74, 6) is -0.00803. The molecule has 3 rings (SSSR count). The minimum Gasteiger partial charge on any atom is -0.422 e. The maximum atomic E-state index is 12.0. The first-order valence-electron chi connectivity index (χ1n) is 6.31. The number of fused-ring (bicyclic) bond motifs is 3. The smallest absolute Gasteiger partial charge is 0.380 e. The van der Waals surface area contributed by atoms with Crippen molar-refractivity contribution in [3.05, 3.63) is 39.7 Å². The molecular formula is C13H12ClNO5S. The quantitative estimate of drug-likeness (QED) is 0.671. The minimum atomic E-state index is -4.12. The molecule has 1 aliphatic rings. The summed E-state index contributed by atoms with van der Waals surface area (Å²) >= 11 is 6.19. The fraction of sp³-hybridized carbons (Fsp3) is 0.308. The Morgan fingerprint density at radius 3 is 2.86 bits per heavy atom. The van der Waals surface area contributed by atoms with E-state index >= 15 is 0 Å². The van der Waals surface area contributed by atoms with E-state index in [1.165, 1.54) is 12.1 Å². The average molecular weight is 330 g/mol. The second-order valence-electron chi connectivity index (χ2n) is 4.88. The molecule has 0 radical (unpaired) electrons. The topological polar surface area (TPSA) is 99.6 Å². The van der Waals surface area contributed by atoms with Gasteiger partial charge < -0.3 is 8.60 Å². The maximum Gasteiger partial charge on any atom is 0.380 e. The zero-order valence-corrected chi connectivity index (χ0v) is 12.4. The minimum absolute atomic E-state index is 0.00803. The molecule has 1 heterocycles.